The fourth-order valence-electron chi connectivity index (χ4n) is 2.40. The van der Waals surface area contributed by atoms with Crippen LogP contribution in [0, 0.1) is 0 Å². The average Bonchev–Trinajstić information content (AvgIpc) is 2.38. The first-order valence-corrected chi connectivity index (χ1v) is 7.28. The second-order valence-corrected chi connectivity index (χ2v) is 5.79. The number of ether oxygens (including phenoxy) is 1. The molecule has 0 saturated heterocycles. The summed E-state index contributed by atoms with van der Waals surface area (Å²) in [6, 6.07) is 8.07. The van der Waals surface area contributed by atoms with Gasteiger partial charge in [0, 0.05) is 10.5 Å². The number of halogens is 1. The predicted octanol–water partition coefficient (Wildman–Crippen LogP) is 3.54. The number of amides is 1. The highest BCUT2D eigenvalue weighted by Crippen LogP contribution is 2.22. The SMILES string of the molecule is O=C(O)NC1CCCC(OCc2ccc(Br)cc2)C1. The molecule has 5 heteroatoms. The lowest BCUT2D eigenvalue weighted by molar-refractivity contribution is 0.00897. The molecular formula is C14H18BrNO3. The minimum atomic E-state index is -0.946. The van der Waals surface area contributed by atoms with Gasteiger partial charge in [-0.05, 0) is 43.4 Å². The molecule has 1 saturated carbocycles. The van der Waals surface area contributed by atoms with Gasteiger partial charge in [-0.2, -0.15) is 0 Å². The van der Waals surface area contributed by atoms with E-state index < -0.39 is 6.09 Å². The van der Waals surface area contributed by atoms with E-state index in [-0.39, 0.29) is 12.1 Å². The molecule has 1 aromatic rings. The molecule has 2 atom stereocenters. The Morgan fingerprint density at radius 2 is 2.11 bits per heavy atom. The average molecular weight is 328 g/mol. The molecule has 2 N–H and O–H groups in total. The van der Waals surface area contributed by atoms with E-state index in [9.17, 15) is 4.79 Å². The van der Waals surface area contributed by atoms with Crippen LogP contribution in [-0.2, 0) is 11.3 Å². The zero-order valence-electron chi connectivity index (χ0n) is 10.6. The van der Waals surface area contributed by atoms with Gasteiger partial charge >= 0.3 is 6.09 Å². The van der Waals surface area contributed by atoms with Gasteiger partial charge in [0.2, 0.25) is 0 Å². The number of carboxylic acid groups (broad SMARTS) is 1. The van der Waals surface area contributed by atoms with Crippen LogP contribution >= 0.6 is 15.9 Å². The minimum absolute atomic E-state index is 0.0289. The zero-order chi connectivity index (χ0) is 13.7. The Morgan fingerprint density at radius 1 is 1.37 bits per heavy atom. The molecule has 1 aliphatic carbocycles. The van der Waals surface area contributed by atoms with Crippen LogP contribution in [0.5, 0.6) is 0 Å². The van der Waals surface area contributed by atoms with Gasteiger partial charge in [-0.3, -0.25) is 0 Å². The van der Waals surface area contributed by atoms with E-state index in [0.29, 0.717) is 6.61 Å². The first-order valence-electron chi connectivity index (χ1n) is 6.49. The Labute approximate surface area is 121 Å². The van der Waals surface area contributed by atoms with Crippen molar-refractivity contribution in [3.63, 3.8) is 0 Å². The lowest BCUT2D eigenvalue weighted by atomic mass is 9.93. The van der Waals surface area contributed by atoms with Crippen LogP contribution in [0.4, 0.5) is 4.79 Å². The van der Waals surface area contributed by atoms with Crippen molar-refractivity contribution < 1.29 is 14.6 Å². The summed E-state index contributed by atoms with van der Waals surface area (Å²) in [6.45, 7) is 0.581. The molecule has 104 valence electrons. The number of hydrogen-bond acceptors (Lipinski definition) is 2. The molecule has 1 aliphatic rings. The summed E-state index contributed by atoms with van der Waals surface area (Å²) in [5.74, 6) is 0. The van der Waals surface area contributed by atoms with Crippen molar-refractivity contribution in [1.29, 1.82) is 0 Å². The van der Waals surface area contributed by atoms with E-state index in [1.54, 1.807) is 0 Å². The smallest absolute Gasteiger partial charge is 0.404 e. The number of hydrogen-bond donors (Lipinski definition) is 2. The third-order valence-electron chi connectivity index (χ3n) is 3.35. The second-order valence-electron chi connectivity index (χ2n) is 4.87. The zero-order valence-corrected chi connectivity index (χ0v) is 12.2. The van der Waals surface area contributed by atoms with Crippen molar-refractivity contribution >= 4 is 22.0 Å². The molecule has 2 unspecified atom stereocenters. The van der Waals surface area contributed by atoms with E-state index in [4.69, 9.17) is 9.84 Å². The van der Waals surface area contributed by atoms with E-state index in [0.717, 1.165) is 35.7 Å². The van der Waals surface area contributed by atoms with Crippen LogP contribution in [0.25, 0.3) is 0 Å². The molecule has 0 bridgehead atoms. The van der Waals surface area contributed by atoms with E-state index >= 15 is 0 Å². The van der Waals surface area contributed by atoms with E-state index in [1.807, 2.05) is 24.3 Å². The van der Waals surface area contributed by atoms with Gasteiger partial charge in [0.15, 0.2) is 0 Å². The standard InChI is InChI=1S/C14H18BrNO3/c15-11-6-4-10(5-7-11)9-19-13-3-1-2-12(8-13)16-14(17)18/h4-7,12-13,16H,1-3,8-9H2,(H,17,18). The van der Waals surface area contributed by atoms with Gasteiger partial charge in [-0.15, -0.1) is 0 Å². The Hall–Kier alpha value is -1.07. The third-order valence-corrected chi connectivity index (χ3v) is 3.88. The summed E-state index contributed by atoms with van der Waals surface area (Å²) in [7, 11) is 0. The lowest BCUT2D eigenvalue weighted by Crippen LogP contribution is -2.39. The van der Waals surface area contributed by atoms with Crippen molar-refractivity contribution in [3.8, 4) is 0 Å². The fourth-order valence-corrected chi connectivity index (χ4v) is 2.66. The first kappa shape index (κ1) is 14.3. The topological polar surface area (TPSA) is 58.6 Å². The summed E-state index contributed by atoms with van der Waals surface area (Å²) in [5.41, 5.74) is 1.14. The first-order chi connectivity index (χ1) is 9.13. The maximum atomic E-state index is 10.6. The molecule has 2 rings (SSSR count). The molecule has 0 aromatic heterocycles. The van der Waals surface area contributed by atoms with Crippen molar-refractivity contribution in [3.05, 3.63) is 34.3 Å². The van der Waals surface area contributed by atoms with Gasteiger partial charge < -0.3 is 15.2 Å². The maximum Gasteiger partial charge on any atom is 0.404 e. The summed E-state index contributed by atoms with van der Waals surface area (Å²) in [4.78, 5) is 10.6. The highest BCUT2D eigenvalue weighted by Gasteiger charge is 2.23. The van der Waals surface area contributed by atoms with Gasteiger partial charge in [0.1, 0.15) is 0 Å². The van der Waals surface area contributed by atoms with Gasteiger partial charge in [-0.25, -0.2) is 4.79 Å². The van der Waals surface area contributed by atoms with Crippen LogP contribution in [0.3, 0.4) is 0 Å². The summed E-state index contributed by atoms with van der Waals surface area (Å²) >= 11 is 3.40. The van der Waals surface area contributed by atoms with Crippen molar-refractivity contribution in [2.24, 2.45) is 0 Å². The summed E-state index contributed by atoms with van der Waals surface area (Å²) in [5, 5.41) is 11.3. The molecule has 4 nitrogen and oxygen atoms in total. The molecule has 19 heavy (non-hydrogen) atoms. The molecule has 1 aromatic carbocycles. The van der Waals surface area contributed by atoms with Gasteiger partial charge in [0.05, 0.1) is 12.7 Å². The lowest BCUT2D eigenvalue weighted by Gasteiger charge is -2.29. The number of benzene rings is 1. The quantitative estimate of drug-likeness (QED) is 0.889. The summed E-state index contributed by atoms with van der Waals surface area (Å²) in [6.07, 6.45) is 2.89. The molecule has 0 spiro atoms. The highest BCUT2D eigenvalue weighted by atomic mass is 79.9. The minimum Gasteiger partial charge on any atom is -0.465 e. The highest BCUT2D eigenvalue weighted by molar-refractivity contribution is 9.10. The summed E-state index contributed by atoms with van der Waals surface area (Å²) < 4.78 is 6.93. The van der Waals surface area contributed by atoms with Crippen LogP contribution < -0.4 is 5.32 Å². The van der Waals surface area contributed by atoms with Crippen LogP contribution in [0.1, 0.15) is 31.2 Å². The Kier molecular flexibility index (Phi) is 5.22. The van der Waals surface area contributed by atoms with E-state index in [1.165, 1.54) is 0 Å². The van der Waals surface area contributed by atoms with Crippen molar-refractivity contribution in [2.45, 2.75) is 44.4 Å². The van der Waals surface area contributed by atoms with Crippen molar-refractivity contribution in [1.82, 2.24) is 5.32 Å². The molecule has 1 fully saturated rings. The van der Waals surface area contributed by atoms with Gasteiger partial charge in [-0.1, -0.05) is 28.1 Å². The molecule has 1 amide bonds. The van der Waals surface area contributed by atoms with Crippen LogP contribution in [0.15, 0.2) is 28.7 Å². The molecule has 0 aliphatic heterocycles. The Bertz CT molecular complexity index is 421. The van der Waals surface area contributed by atoms with Crippen LogP contribution in [0.2, 0.25) is 0 Å². The molecule has 0 heterocycles. The Morgan fingerprint density at radius 3 is 2.79 bits per heavy atom. The van der Waals surface area contributed by atoms with Gasteiger partial charge in [0.25, 0.3) is 0 Å². The normalized spacial score (nSPS) is 23.0. The largest absolute Gasteiger partial charge is 0.465 e. The predicted molar refractivity (Wildman–Crippen MR) is 76.1 cm³/mol. The number of carbonyl (C=O) groups is 1. The van der Waals surface area contributed by atoms with Crippen LogP contribution in [-0.4, -0.2) is 23.3 Å². The molecular weight excluding hydrogens is 310 g/mol. The number of rotatable bonds is 4. The fraction of sp³-hybridized carbons (Fsp3) is 0.500. The maximum absolute atomic E-state index is 10.6. The second kappa shape index (κ2) is 6.91. The number of nitrogens with one attached hydrogen (secondary N) is 1. The van der Waals surface area contributed by atoms with E-state index in [2.05, 4.69) is 21.2 Å². The van der Waals surface area contributed by atoms with Crippen molar-refractivity contribution in [2.75, 3.05) is 0 Å². The Balaban J connectivity index is 1.79. The molecule has 0 radical (unpaired) electrons. The third kappa shape index (κ3) is 4.84. The monoisotopic (exact) mass is 327 g/mol.